The number of halogens is 4. The van der Waals surface area contributed by atoms with Crippen molar-refractivity contribution in [2.24, 2.45) is 11.8 Å². The van der Waals surface area contributed by atoms with E-state index < -0.39 is 12.0 Å². The summed E-state index contributed by atoms with van der Waals surface area (Å²) in [6.07, 6.45) is -3.64. The molecule has 0 spiro atoms. The Hall–Kier alpha value is -1.04. The lowest BCUT2D eigenvalue weighted by Gasteiger charge is -2.36. The number of rotatable bonds is 1. The van der Waals surface area contributed by atoms with Gasteiger partial charge in [0, 0.05) is 19.2 Å². The number of anilines is 1. The number of hydrogen-bond acceptors (Lipinski definition) is 3. The normalized spacial score (nSPS) is 24.6. The Balaban J connectivity index is 2.28. The Bertz CT molecular complexity index is 464. The van der Waals surface area contributed by atoms with Gasteiger partial charge >= 0.3 is 6.18 Å². The number of alkyl halides is 3. The fourth-order valence-electron chi connectivity index (χ4n) is 2.17. The molecule has 1 aromatic heterocycles. The Morgan fingerprint density at radius 1 is 1.26 bits per heavy atom. The highest BCUT2D eigenvalue weighted by Gasteiger charge is 2.36. The van der Waals surface area contributed by atoms with Gasteiger partial charge in [-0.15, -0.1) is 0 Å². The minimum absolute atomic E-state index is 0.177. The fourth-order valence-corrected chi connectivity index (χ4v) is 2.34. The number of hydrogen-bond donors (Lipinski definition) is 0. The van der Waals surface area contributed by atoms with Gasteiger partial charge in [-0.3, -0.25) is 0 Å². The molecule has 0 aliphatic carbocycles. The van der Waals surface area contributed by atoms with Crippen LogP contribution in [0.4, 0.5) is 19.0 Å². The lowest BCUT2D eigenvalue weighted by atomic mass is 9.89. The maximum atomic E-state index is 12.7. The summed E-state index contributed by atoms with van der Waals surface area (Å²) in [5.74, 6) is 0.0554. The molecule has 7 heteroatoms. The molecule has 106 valence electrons. The molecular weight excluding hydrogens is 279 g/mol. The first-order chi connectivity index (χ1) is 8.77. The van der Waals surface area contributed by atoms with Crippen LogP contribution in [0.5, 0.6) is 0 Å². The van der Waals surface area contributed by atoms with E-state index in [2.05, 4.69) is 23.8 Å². The molecule has 2 rings (SSSR count). The van der Waals surface area contributed by atoms with E-state index in [0.29, 0.717) is 24.9 Å². The van der Waals surface area contributed by atoms with Gasteiger partial charge in [-0.05, 0) is 18.3 Å². The van der Waals surface area contributed by atoms with Crippen molar-refractivity contribution in [1.82, 2.24) is 9.97 Å². The summed E-state index contributed by atoms with van der Waals surface area (Å²) in [6.45, 7) is 5.61. The van der Waals surface area contributed by atoms with Crippen LogP contribution >= 0.6 is 11.6 Å². The van der Waals surface area contributed by atoms with Crippen molar-refractivity contribution in [3.63, 3.8) is 0 Å². The maximum absolute atomic E-state index is 12.7. The number of nitrogens with zero attached hydrogens (tertiary/aromatic N) is 3. The van der Waals surface area contributed by atoms with Crippen LogP contribution in [-0.2, 0) is 6.18 Å². The maximum Gasteiger partial charge on any atom is 0.451 e. The smallest absolute Gasteiger partial charge is 0.356 e. The zero-order valence-corrected chi connectivity index (χ0v) is 11.5. The van der Waals surface area contributed by atoms with Gasteiger partial charge in [0.1, 0.15) is 11.0 Å². The van der Waals surface area contributed by atoms with Crippen LogP contribution in [0.2, 0.25) is 5.15 Å². The second kappa shape index (κ2) is 5.15. The molecule has 0 saturated carbocycles. The van der Waals surface area contributed by atoms with Crippen LogP contribution in [0, 0.1) is 11.8 Å². The van der Waals surface area contributed by atoms with Crippen molar-refractivity contribution in [3.05, 3.63) is 17.0 Å². The minimum atomic E-state index is -4.58. The molecule has 0 amide bonds. The Morgan fingerprint density at radius 2 is 1.95 bits per heavy atom. The van der Waals surface area contributed by atoms with E-state index in [4.69, 9.17) is 11.6 Å². The molecule has 1 fully saturated rings. The molecular formula is C12H15ClF3N3. The van der Waals surface area contributed by atoms with Gasteiger partial charge in [0.25, 0.3) is 0 Å². The summed E-state index contributed by atoms with van der Waals surface area (Å²) in [5, 5.41) is -0.177. The molecule has 2 unspecified atom stereocenters. The standard InChI is InChI=1S/C12H15ClF3N3/c1-7-3-4-19(6-8(7)2)10-5-9(13)17-11(18-10)12(14,15)16/h5,7-8H,3-4,6H2,1-2H3. The van der Waals surface area contributed by atoms with Crippen LogP contribution in [0.3, 0.4) is 0 Å². The number of piperidine rings is 1. The lowest BCUT2D eigenvalue weighted by Crippen LogP contribution is -2.39. The van der Waals surface area contributed by atoms with Gasteiger partial charge in [0.15, 0.2) is 0 Å². The second-order valence-corrected chi connectivity index (χ2v) is 5.45. The molecule has 3 nitrogen and oxygen atoms in total. The van der Waals surface area contributed by atoms with E-state index in [1.165, 1.54) is 6.07 Å². The minimum Gasteiger partial charge on any atom is -0.356 e. The summed E-state index contributed by atoms with van der Waals surface area (Å²) < 4.78 is 38.0. The van der Waals surface area contributed by atoms with Gasteiger partial charge in [0.05, 0.1) is 0 Å². The number of aromatic nitrogens is 2. The summed E-state index contributed by atoms with van der Waals surface area (Å²) in [4.78, 5) is 8.67. The second-order valence-electron chi connectivity index (χ2n) is 5.06. The quantitative estimate of drug-likeness (QED) is 0.740. The zero-order chi connectivity index (χ0) is 14.2. The van der Waals surface area contributed by atoms with Crippen molar-refractivity contribution in [1.29, 1.82) is 0 Å². The van der Waals surface area contributed by atoms with E-state index in [-0.39, 0.29) is 11.0 Å². The first kappa shape index (κ1) is 14.4. The third-order valence-electron chi connectivity index (χ3n) is 3.59. The van der Waals surface area contributed by atoms with Crippen LogP contribution in [-0.4, -0.2) is 23.1 Å². The average molecular weight is 294 g/mol. The Kier molecular flexibility index (Phi) is 3.90. The van der Waals surface area contributed by atoms with E-state index in [9.17, 15) is 13.2 Å². The highest BCUT2D eigenvalue weighted by molar-refractivity contribution is 6.29. The van der Waals surface area contributed by atoms with Gasteiger partial charge in [-0.25, -0.2) is 9.97 Å². The molecule has 1 aliphatic heterocycles. The van der Waals surface area contributed by atoms with Crippen LogP contribution in [0.1, 0.15) is 26.1 Å². The van der Waals surface area contributed by atoms with E-state index >= 15 is 0 Å². The molecule has 0 N–H and O–H groups in total. The fraction of sp³-hybridized carbons (Fsp3) is 0.667. The predicted molar refractivity (Wildman–Crippen MR) is 67.2 cm³/mol. The summed E-state index contributed by atoms with van der Waals surface area (Å²) in [5.41, 5.74) is 0. The molecule has 0 bridgehead atoms. The van der Waals surface area contributed by atoms with E-state index in [1.54, 1.807) is 0 Å². The predicted octanol–water partition coefficient (Wildman–Crippen LogP) is 3.63. The Labute approximate surface area is 114 Å². The molecule has 0 radical (unpaired) electrons. The highest BCUT2D eigenvalue weighted by Crippen LogP contribution is 2.31. The van der Waals surface area contributed by atoms with Crippen molar-refractivity contribution in [3.8, 4) is 0 Å². The summed E-state index contributed by atoms with van der Waals surface area (Å²) in [6, 6.07) is 1.39. The summed E-state index contributed by atoms with van der Waals surface area (Å²) >= 11 is 5.66. The molecule has 1 saturated heterocycles. The summed E-state index contributed by atoms with van der Waals surface area (Å²) in [7, 11) is 0. The molecule has 0 aromatic carbocycles. The van der Waals surface area contributed by atoms with Gasteiger partial charge in [-0.1, -0.05) is 25.4 Å². The third kappa shape index (κ3) is 3.29. The lowest BCUT2D eigenvalue weighted by molar-refractivity contribution is -0.144. The SMILES string of the molecule is CC1CCN(c2cc(Cl)nc(C(F)(F)F)n2)CC1C. The molecule has 1 aromatic rings. The monoisotopic (exact) mass is 293 g/mol. The van der Waals surface area contributed by atoms with Crippen LogP contribution in [0.25, 0.3) is 0 Å². The Morgan fingerprint density at radius 3 is 2.53 bits per heavy atom. The van der Waals surface area contributed by atoms with Crippen molar-refractivity contribution in [2.45, 2.75) is 26.4 Å². The van der Waals surface area contributed by atoms with Gasteiger partial charge in [-0.2, -0.15) is 13.2 Å². The molecule has 1 aliphatic rings. The van der Waals surface area contributed by atoms with E-state index in [0.717, 1.165) is 6.42 Å². The van der Waals surface area contributed by atoms with Crippen LogP contribution in [0.15, 0.2) is 6.07 Å². The van der Waals surface area contributed by atoms with Gasteiger partial charge < -0.3 is 4.90 Å². The molecule has 2 heterocycles. The van der Waals surface area contributed by atoms with Gasteiger partial charge in [0.2, 0.25) is 5.82 Å². The first-order valence-electron chi connectivity index (χ1n) is 6.14. The largest absolute Gasteiger partial charge is 0.451 e. The van der Waals surface area contributed by atoms with Crippen LogP contribution < -0.4 is 4.90 Å². The van der Waals surface area contributed by atoms with E-state index in [1.807, 2.05) is 4.90 Å². The zero-order valence-electron chi connectivity index (χ0n) is 10.7. The van der Waals surface area contributed by atoms with Crippen molar-refractivity contribution >= 4 is 17.4 Å². The third-order valence-corrected chi connectivity index (χ3v) is 3.79. The van der Waals surface area contributed by atoms with Crippen molar-refractivity contribution < 1.29 is 13.2 Å². The highest BCUT2D eigenvalue weighted by atomic mass is 35.5. The average Bonchev–Trinajstić information content (AvgIpc) is 2.31. The topological polar surface area (TPSA) is 29.0 Å². The van der Waals surface area contributed by atoms with Crippen molar-refractivity contribution in [2.75, 3.05) is 18.0 Å². The first-order valence-corrected chi connectivity index (χ1v) is 6.52. The molecule has 19 heavy (non-hydrogen) atoms. The molecule has 2 atom stereocenters.